The van der Waals surface area contributed by atoms with Gasteiger partial charge in [-0.05, 0) is 38.8 Å². The smallest absolute Gasteiger partial charge is 0.233 e. The van der Waals surface area contributed by atoms with Crippen molar-refractivity contribution in [2.75, 3.05) is 24.5 Å². The number of hydrogen-bond acceptors (Lipinski definition) is 5. The monoisotopic (exact) mass is 371 g/mol. The van der Waals surface area contributed by atoms with Gasteiger partial charge in [-0.1, -0.05) is 35.5 Å². The van der Waals surface area contributed by atoms with Crippen molar-refractivity contribution in [3.8, 4) is 5.69 Å². The molecule has 1 amide bonds. The number of carbonyl (C=O) groups is 1. The Bertz CT molecular complexity index is 765. The highest BCUT2D eigenvalue weighted by atomic mass is 32.2. The molecule has 1 saturated heterocycles. The van der Waals surface area contributed by atoms with Crippen molar-refractivity contribution in [2.45, 2.75) is 37.1 Å². The van der Waals surface area contributed by atoms with Crippen LogP contribution in [-0.4, -0.2) is 45.6 Å². The molecular formula is C19H25N5OS. The van der Waals surface area contributed by atoms with Crippen LogP contribution in [0, 0.1) is 6.92 Å². The van der Waals surface area contributed by atoms with Crippen LogP contribution < -0.4 is 10.2 Å². The molecule has 1 aromatic carbocycles. The molecule has 1 fully saturated rings. The first-order valence-electron chi connectivity index (χ1n) is 8.93. The fourth-order valence-electron chi connectivity index (χ4n) is 2.91. The lowest BCUT2D eigenvalue weighted by atomic mass is 10.2. The zero-order chi connectivity index (χ0) is 18.5. The molecule has 0 saturated carbocycles. The highest BCUT2D eigenvalue weighted by Crippen LogP contribution is 2.30. The van der Waals surface area contributed by atoms with Crippen molar-refractivity contribution in [2.24, 2.45) is 0 Å². The Kier molecular flexibility index (Phi) is 5.98. The summed E-state index contributed by atoms with van der Waals surface area (Å²) in [5.41, 5.74) is 2.22. The van der Waals surface area contributed by atoms with Crippen LogP contribution >= 0.6 is 11.8 Å². The van der Waals surface area contributed by atoms with Gasteiger partial charge in [-0.15, -0.1) is 16.8 Å². The number of rotatable bonds is 7. The molecule has 1 aliphatic heterocycles. The Morgan fingerprint density at radius 3 is 2.65 bits per heavy atom. The van der Waals surface area contributed by atoms with Crippen molar-refractivity contribution >= 4 is 23.6 Å². The minimum atomic E-state index is -0.269. The van der Waals surface area contributed by atoms with Gasteiger partial charge in [0.15, 0.2) is 5.16 Å². The maximum atomic E-state index is 12.2. The molecular weight excluding hydrogens is 346 g/mol. The first-order valence-corrected chi connectivity index (χ1v) is 9.81. The van der Waals surface area contributed by atoms with E-state index in [9.17, 15) is 4.79 Å². The second-order valence-corrected chi connectivity index (χ2v) is 7.75. The van der Waals surface area contributed by atoms with Crippen LogP contribution in [-0.2, 0) is 4.79 Å². The fraction of sp³-hybridized carbons (Fsp3) is 0.421. The third kappa shape index (κ3) is 4.09. The maximum Gasteiger partial charge on any atom is 0.233 e. The van der Waals surface area contributed by atoms with E-state index in [1.807, 2.05) is 6.92 Å². The van der Waals surface area contributed by atoms with E-state index in [0.29, 0.717) is 6.54 Å². The van der Waals surface area contributed by atoms with Crippen LogP contribution in [0.1, 0.15) is 25.3 Å². The first-order chi connectivity index (χ1) is 12.6. The third-order valence-electron chi connectivity index (χ3n) is 4.37. The second kappa shape index (κ2) is 8.40. The summed E-state index contributed by atoms with van der Waals surface area (Å²) in [6.07, 6.45) is 4.02. The van der Waals surface area contributed by atoms with Crippen molar-refractivity contribution < 1.29 is 4.79 Å². The summed E-state index contributed by atoms with van der Waals surface area (Å²) in [4.78, 5) is 14.5. The van der Waals surface area contributed by atoms with Gasteiger partial charge in [0, 0.05) is 19.6 Å². The highest BCUT2D eigenvalue weighted by molar-refractivity contribution is 8.00. The molecule has 138 valence electrons. The molecule has 1 N–H and O–H groups in total. The van der Waals surface area contributed by atoms with Crippen LogP contribution in [0.3, 0.4) is 0 Å². The number of amides is 1. The largest absolute Gasteiger partial charge is 0.352 e. The van der Waals surface area contributed by atoms with Crippen LogP contribution in [0.15, 0.2) is 42.1 Å². The van der Waals surface area contributed by atoms with E-state index in [-0.39, 0.29) is 11.2 Å². The van der Waals surface area contributed by atoms with Gasteiger partial charge < -0.3 is 10.2 Å². The summed E-state index contributed by atoms with van der Waals surface area (Å²) in [6.45, 7) is 10.0. The molecule has 0 aliphatic carbocycles. The number of benzene rings is 1. The van der Waals surface area contributed by atoms with Crippen LogP contribution in [0.25, 0.3) is 5.69 Å². The summed E-state index contributed by atoms with van der Waals surface area (Å²) in [5, 5.41) is 12.1. The Morgan fingerprint density at radius 1 is 1.31 bits per heavy atom. The molecule has 7 heteroatoms. The predicted molar refractivity (Wildman–Crippen MR) is 106 cm³/mol. The molecule has 3 rings (SSSR count). The lowest BCUT2D eigenvalue weighted by molar-refractivity contribution is -0.120. The SMILES string of the molecule is C=CCNC(=O)[C@@H](C)Sc1nnc(N2CCCC2)n1-c1ccc(C)cc1. The fourth-order valence-corrected chi connectivity index (χ4v) is 3.80. The number of aryl methyl sites for hydroxylation is 1. The van der Waals surface area contributed by atoms with E-state index >= 15 is 0 Å². The number of thioether (sulfide) groups is 1. The lowest BCUT2D eigenvalue weighted by Gasteiger charge is -2.19. The van der Waals surface area contributed by atoms with Gasteiger partial charge in [0.05, 0.1) is 10.9 Å². The number of nitrogens with one attached hydrogen (secondary N) is 1. The molecule has 6 nitrogen and oxygen atoms in total. The lowest BCUT2D eigenvalue weighted by Crippen LogP contribution is -2.31. The highest BCUT2D eigenvalue weighted by Gasteiger charge is 2.25. The number of aromatic nitrogens is 3. The molecule has 2 heterocycles. The van der Waals surface area contributed by atoms with Gasteiger partial charge >= 0.3 is 0 Å². The Labute approximate surface area is 158 Å². The number of nitrogens with zero attached hydrogens (tertiary/aromatic N) is 4. The van der Waals surface area contributed by atoms with E-state index in [1.54, 1.807) is 6.08 Å². The van der Waals surface area contributed by atoms with Crippen molar-refractivity contribution in [3.63, 3.8) is 0 Å². The molecule has 2 aromatic rings. The molecule has 1 aromatic heterocycles. The maximum absolute atomic E-state index is 12.2. The van der Waals surface area contributed by atoms with E-state index in [4.69, 9.17) is 0 Å². The third-order valence-corrected chi connectivity index (χ3v) is 5.41. The standard InChI is InChI=1S/C19H25N5OS/c1-4-11-20-17(25)15(3)26-19-22-21-18(23-12-5-6-13-23)24(19)16-9-7-14(2)8-10-16/h4,7-10,15H,1,5-6,11-13H2,2-3H3,(H,20,25)/t15-/m1/s1. The summed E-state index contributed by atoms with van der Waals surface area (Å²) in [5.74, 6) is 0.823. The van der Waals surface area contributed by atoms with Crippen molar-refractivity contribution in [3.05, 3.63) is 42.5 Å². The minimum absolute atomic E-state index is 0.0314. The quantitative estimate of drug-likeness (QED) is 0.599. The zero-order valence-electron chi connectivity index (χ0n) is 15.3. The van der Waals surface area contributed by atoms with Crippen molar-refractivity contribution in [1.82, 2.24) is 20.1 Å². The molecule has 1 atom stereocenters. The average Bonchev–Trinajstić information content (AvgIpc) is 3.30. The molecule has 0 spiro atoms. The predicted octanol–water partition coefficient (Wildman–Crippen LogP) is 2.96. The Hall–Kier alpha value is -2.28. The van der Waals surface area contributed by atoms with E-state index in [2.05, 4.69) is 62.7 Å². The molecule has 0 radical (unpaired) electrons. The average molecular weight is 372 g/mol. The minimum Gasteiger partial charge on any atom is -0.352 e. The van der Waals surface area contributed by atoms with Crippen LogP contribution in [0.5, 0.6) is 0 Å². The van der Waals surface area contributed by atoms with Crippen LogP contribution in [0.2, 0.25) is 0 Å². The number of anilines is 1. The molecule has 0 bridgehead atoms. The number of carbonyl (C=O) groups excluding carboxylic acids is 1. The molecule has 0 unspecified atom stereocenters. The summed E-state index contributed by atoms with van der Waals surface area (Å²) >= 11 is 1.42. The van der Waals surface area contributed by atoms with Gasteiger partial charge in [0.2, 0.25) is 11.9 Å². The summed E-state index contributed by atoms with van der Waals surface area (Å²) in [6, 6.07) is 8.31. The summed E-state index contributed by atoms with van der Waals surface area (Å²) < 4.78 is 2.06. The van der Waals surface area contributed by atoms with Crippen LogP contribution in [0.4, 0.5) is 5.95 Å². The first kappa shape index (κ1) is 18.5. The van der Waals surface area contributed by atoms with Gasteiger partial charge in [-0.2, -0.15) is 0 Å². The molecule has 26 heavy (non-hydrogen) atoms. The zero-order valence-corrected chi connectivity index (χ0v) is 16.1. The van der Waals surface area contributed by atoms with Gasteiger partial charge in [-0.3, -0.25) is 9.36 Å². The summed E-state index contributed by atoms with van der Waals surface area (Å²) in [7, 11) is 0. The van der Waals surface area contributed by atoms with E-state index in [0.717, 1.165) is 29.9 Å². The van der Waals surface area contributed by atoms with Crippen molar-refractivity contribution in [1.29, 1.82) is 0 Å². The Balaban J connectivity index is 1.90. The normalized spacial score (nSPS) is 15.1. The van der Waals surface area contributed by atoms with Gasteiger partial charge in [0.1, 0.15) is 0 Å². The van der Waals surface area contributed by atoms with Gasteiger partial charge in [0.25, 0.3) is 0 Å². The molecule has 1 aliphatic rings. The van der Waals surface area contributed by atoms with E-state index < -0.39 is 0 Å². The van der Waals surface area contributed by atoms with Gasteiger partial charge in [-0.25, -0.2) is 0 Å². The topological polar surface area (TPSA) is 63.1 Å². The van der Waals surface area contributed by atoms with E-state index in [1.165, 1.54) is 30.2 Å². The Morgan fingerprint density at radius 2 is 2.00 bits per heavy atom. The second-order valence-electron chi connectivity index (χ2n) is 6.44. The number of hydrogen-bond donors (Lipinski definition) is 1.